The predicted octanol–water partition coefficient (Wildman–Crippen LogP) is 3.11. The molecule has 8 nitrogen and oxygen atoms in total. The molecule has 1 heterocycles. The molecule has 154 valence electrons. The molecule has 0 aromatic heterocycles. The van der Waals surface area contributed by atoms with Crippen LogP contribution in [0.5, 0.6) is 0 Å². The molecule has 1 unspecified atom stereocenters. The van der Waals surface area contributed by atoms with Gasteiger partial charge < -0.3 is 10.1 Å². The average Bonchev–Trinajstić information content (AvgIpc) is 2.74. The van der Waals surface area contributed by atoms with Gasteiger partial charge in [-0.3, -0.25) is 10.1 Å². The number of nitro groups is 1. The van der Waals surface area contributed by atoms with Crippen molar-refractivity contribution < 1.29 is 18.1 Å². The SMILES string of the molecule is O=[N+]([O-])c1cc(S(=O)(=O)N2CCOCC2)ccc1NC1CCCc2ccccc21. The molecular formula is C20H23N3O5S. The van der Waals surface area contributed by atoms with Gasteiger partial charge >= 0.3 is 0 Å². The maximum atomic E-state index is 12.9. The van der Waals surface area contributed by atoms with Crippen LogP contribution in [-0.4, -0.2) is 43.9 Å². The Morgan fingerprint density at radius 1 is 1.14 bits per heavy atom. The van der Waals surface area contributed by atoms with E-state index in [0.29, 0.717) is 18.9 Å². The quantitative estimate of drug-likeness (QED) is 0.592. The molecule has 2 aromatic carbocycles. The lowest BCUT2D eigenvalue weighted by atomic mass is 9.87. The van der Waals surface area contributed by atoms with Crippen LogP contribution in [0, 0.1) is 10.1 Å². The van der Waals surface area contributed by atoms with Gasteiger partial charge in [0, 0.05) is 19.2 Å². The molecule has 1 aliphatic heterocycles. The number of hydrogen-bond acceptors (Lipinski definition) is 6. The Hall–Kier alpha value is -2.49. The summed E-state index contributed by atoms with van der Waals surface area (Å²) in [5.41, 5.74) is 2.48. The zero-order valence-electron chi connectivity index (χ0n) is 15.9. The van der Waals surface area contributed by atoms with Gasteiger partial charge in [0.25, 0.3) is 5.69 Å². The van der Waals surface area contributed by atoms with Gasteiger partial charge in [-0.2, -0.15) is 4.31 Å². The summed E-state index contributed by atoms with van der Waals surface area (Å²) in [6, 6.07) is 12.1. The molecule has 4 rings (SSSR count). The lowest BCUT2D eigenvalue weighted by Crippen LogP contribution is -2.40. The summed E-state index contributed by atoms with van der Waals surface area (Å²) in [6.07, 6.45) is 2.85. The van der Waals surface area contributed by atoms with E-state index in [1.54, 1.807) is 0 Å². The smallest absolute Gasteiger partial charge is 0.293 e. The molecule has 0 bridgehead atoms. The molecule has 0 saturated carbocycles. The third kappa shape index (κ3) is 3.98. The fourth-order valence-corrected chi connectivity index (χ4v) is 5.40. The van der Waals surface area contributed by atoms with Crippen LogP contribution in [-0.2, 0) is 21.2 Å². The van der Waals surface area contributed by atoms with Gasteiger partial charge in [0.2, 0.25) is 10.0 Å². The molecule has 29 heavy (non-hydrogen) atoms. The Labute approximate surface area is 169 Å². The number of hydrogen-bond donors (Lipinski definition) is 1. The third-order valence-electron chi connectivity index (χ3n) is 5.47. The average molecular weight is 417 g/mol. The van der Waals surface area contributed by atoms with E-state index in [9.17, 15) is 18.5 Å². The summed E-state index contributed by atoms with van der Waals surface area (Å²) in [5.74, 6) is 0. The number of sulfonamides is 1. The largest absolute Gasteiger partial charge is 0.379 e. The van der Waals surface area contributed by atoms with Crippen molar-refractivity contribution >= 4 is 21.4 Å². The van der Waals surface area contributed by atoms with Crippen LogP contribution >= 0.6 is 0 Å². The minimum absolute atomic E-state index is 0.0413. The zero-order valence-corrected chi connectivity index (χ0v) is 16.7. The van der Waals surface area contributed by atoms with Gasteiger partial charge in [-0.15, -0.1) is 0 Å². The van der Waals surface area contributed by atoms with Crippen LogP contribution in [0.4, 0.5) is 11.4 Å². The van der Waals surface area contributed by atoms with Crippen molar-refractivity contribution in [3.05, 3.63) is 63.7 Å². The first-order chi connectivity index (χ1) is 14.0. The number of fused-ring (bicyclic) bond motifs is 1. The molecule has 1 fully saturated rings. The second kappa shape index (κ2) is 8.10. The van der Waals surface area contributed by atoms with E-state index in [4.69, 9.17) is 4.74 Å². The Morgan fingerprint density at radius 3 is 2.66 bits per heavy atom. The fraction of sp³-hybridized carbons (Fsp3) is 0.400. The van der Waals surface area contributed by atoms with Gasteiger partial charge in [-0.25, -0.2) is 8.42 Å². The number of benzene rings is 2. The fourth-order valence-electron chi connectivity index (χ4n) is 3.97. The predicted molar refractivity (Wildman–Crippen MR) is 108 cm³/mol. The number of anilines is 1. The molecule has 0 spiro atoms. The summed E-state index contributed by atoms with van der Waals surface area (Å²) in [7, 11) is -3.80. The Bertz CT molecular complexity index is 1020. The highest BCUT2D eigenvalue weighted by atomic mass is 32.2. The van der Waals surface area contributed by atoms with Crippen molar-refractivity contribution in [3.8, 4) is 0 Å². The van der Waals surface area contributed by atoms with E-state index in [1.165, 1.54) is 22.0 Å². The summed E-state index contributed by atoms with van der Waals surface area (Å²) >= 11 is 0. The number of nitrogens with one attached hydrogen (secondary N) is 1. The van der Waals surface area contributed by atoms with Crippen molar-refractivity contribution in [2.75, 3.05) is 31.6 Å². The van der Waals surface area contributed by atoms with E-state index >= 15 is 0 Å². The maximum Gasteiger partial charge on any atom is 0.293 e. The first kappa shape index (κ1) is 19.8. The molecule has 2 aromatic rings. The van der Waals surface area contributed by atoms with Crippen molar-refractivity contribution in [2.24, 2.45) is 0 Å². The number of aryl methyl sites for hydroxylation is 1. The number of nitro benzene ring substituents is 1. The van der Waals surface area contributed by atoms with Gasteiger partial charge in [-0.05, 0) is 42.5 Å². The number of nitrogens with zero attached hydrogens (tertiary/aromatic N) is 2. The first-order valence-corrected chi connectivity index (χ1v) is 11.1. The van der Waals surface area contributed by atoms with E-state index in [0.717, 1.165) is 30.9 Å². The highest BCUT2D eigenvalue weighted by molar-refractivity contribution is 7.89. The van der Waals surface area contributed by atoms with Gasteiger partial charge in [0.15, 0.2) is 0 Å². The minimum Gasteiger partial charge on any atom is -0.379 e. The molecule has 1 saturated heterocycles. The molecule has 2 aliphatic rings. The molecule has 9 heteroatoms. The number of morpholine rings is 1. The molecule has 1 N–H and O–H groups in total. The van der Waals surface area contributed by atoms with E-state index in [-0.39, 0.29) is 29.7 Å². The Morgan fingerprint density at radius 2 is 1.90 bits per heavy atom. The summed E-state index contributed by atoms with van der Waals surface area (Å²) in [6.45, 7) is 1.13. The van der Waals surface area contributed by atoms with Crippen LogP contribution in [0.3, 0.4) is 0 Å². The van der Waals surface area contributed by atoms with Crippen molar-refractivity contribution in [1.29, 1.82) is 0 Å². The standard InChI is InChI=1S/C20H23N3O5S/c24-23(25)20-14-16(29(26,27)22-10-12-28-13-11-22)8-9-19(20)21-18-7-3-5-15-4-1-2-6-17(15)18/h1-2,4,6,8-9,14,18,21H,3,5,7,10-13H2. The van der Waals surface area contributed by atoms with Crippen molar-refractivity contribution in [3.63, 3.8) is 0 Å². The molecule has 0 amide bonds. The van der Waals surface area contributed by atoms with E-state index in [2.05, 4.69) is 11.4 Å². The molecular weight excluding hydrogens is 394 g/mol. The second-order valence-corrected chi connectivity index (χ2v) is 9.18. The molecule has 0 radical (unpaired) electrons. The van der Waals surface area contributed by atoms with Crippen LogP contribution in [0.25, 0.3) is 0 Å². The molecule has 1 atom stereocenters. The monoisotopic (exact) mass is 417 g/mol. The summed E-state index contributed by atoms with van der Waals surface area (Å²) in [4.78, 5) is 11.1. The van der Waals surface area contributed by atoms with Gasteiger partial charge in [0.05, 0.1) is 29.1 Å². The van der Waals surface area contributed by atoms with Gasteiger partial charge in [-0.1, -0.05) is 24.3 Å². The van der Waals surface area contributed by atoms with Crippen molar-refractivity contribution in [1.82, 2.24) is 4.31 Å². The summed E-state index contributed by atoms with van der Waals surface area (Å²) in [5, 5.41) is 15.0. The normalized spacial score (nSPS) is 20.1. The minimum atomic E-state index is -3.80. The Kier molecular flexibility index (Phi) is 5.53. The zero-order chi connectivity index (χ0) is 20.4. The van der Waals surface area contributed by atoms with Crippen LogP contribution in [0.2, 0.25) is 0 Å². The lowest BCUT2D eigenvalue weighted by molar-refractivity contribution is -0.384. The third-order valence-corrected chi connectivity index (χ3v) is 7.37. The highest BCUT2D eigenvalue weighted by Crippen LogP contribution is 2.36. The van der Waals surface area contributed by atoms with Crippen LogP contribution in [0.1, 0.15) is 30.0 Å². The summed E-state index contributed by atoms with van der Waals surface area (Å²) < 4.78 is 32.2. The van der Waals surface area contributed by atoms with Crippen LogP contribution in [0.15, 0.2) is 47.4 Å². The van der Waals surface area contributed by atoms with Gasteiger partial charge in [0.1, 0.15) is 5.69 Å². The first-order valence-electron chi connectivity index (χ1n) is 9.67. The number of rotatable bonds is 5. The van der Waals surface area contributed by atoms with E-state index < -0.39 is 14.9 Å². The maximum absolute atomic E-state index is 12.9. The number of ether oxygens (including phenoxy) is 1. The second-order valence-electron chi connectivity index (χ2n) is 7.24. The Balaban J connectivity index is 1.65. The lowest BCUT2D eigenvalue weighted by Gasteiger charge is -2.28. The molecule has 1 aliphatic carbocycles. The van der Waals surface area contributed by atoms with Crippen LogP contribution < -0.4 is 5.32 Å². The van der Waals surface area contributed by atoms with Crippen molar-refractivity contribution in [2.45, 2.75) is 30.2 Å². The topological polar surface area (TPSA) is 102 Å². The highest BCUT2D eigenvalue weighted by Gasteiger charge is 2.30. The van der Waals surface area contributed by atoms with E-state index in [1.807, 2.05) is 18.2 Å².